The molecule has 2 atom stereocenters. The van der Waals surface area contributed by atoms with Gasteiger partial charge in [-0.1, -0.05) is 36.4 Å². The van der Waals surface area contributed by atoms with E-state index in [2.05, 4.69) is 21.3 Å². The number of hydrogen-bond donors (Lipinski definition) is 5. The molecule has 0 saturated heterocycles. The van der Waals surface area contributed by atoms with Gasteiger partial charge in [-0.2, -0.15) is 0 Å². The van der Waals surface area contributed by atoms with Crippen LogP contribution in [-0.2, 0) is 23.2 Å². The summed E-state index contributed by atoms with van der Waals surface area (Å²) in [5.41, 5.74) is 2.04. The number of aryl methyl sites for hydroxylation is 1. The molecule has 1 unspecified atom stereocenters. The van der Waals surface area contributed by atoms with Crippen LogP contribution in [0.15, 0.2) is 60.8 Å². The summed E-state index contributed by atoms with van der Waals surface area (Å²) in [5.74, 6) is -1.41. The van der Waals surface area contributed by atoms with Crippen molar-refractivity contribution in [2.75, 3.05) is 19.5 Å². The highest BCUT2D eigenvalue weighted by Crippen LogP contribution is 2.31. The number of ether oxygens (including phenoxy) is 2. The minimum Gasteiger partial charge on any atom is -0.493 e. The lowest BCUT2D eigenvalue weighted by molar-refractivity contribution is -0.137. The zero-order valence-corrected chi connectivity index (χ0v) is 22.7. The van der Waals surface area contributed by atoms with E-state index in [0.717, 1.165) is 5.56 Å². The van der Waals surface area contributed by atoms with Gasteiger partial charge >= 0.3 is 12.0 Å². The molecule has 212 valence electrons. The number of hydrogen-bond acceptors (Lipinski definition) is 6. The van der Waals surface area contributed by atoms with Crippen molar-refractivity contribution in [3.05, 3.63) is 77.6 Å². The summed E-state index contributed by atoms with van der Waals surface area (Å²) in [5, 5.41) is 20.1. The van der Waals surface area contributed by atoms with Crippen LogP contribution in [0, 0.1) is 0 Å². The van der Waals surface area contributed by atoms with E-state index in [1.54, 1.807) is 31.4 Å². The highest BCUT2D eigenvalue weighted by Gasteiger charge is 2.25. The number of rotatable bonds is 12. The van der Waals surface area contributed by atoms with Crippen LogP contribution in [-0.4, -0.2) is 53.7 Å². The van der Waals surface area contributed by atoms with E-state index < -0.39 is 35.9 Å². The van der Waals surface area contributed by atoms with Crippen LogP contribution in [0.4, 0.5) is 10.5 Å². The summed E-state index contributed by atoms with van der Waals surface area (Å²) in [6, 6.07) is 13.4. The molecule has 0 aliphatic rings. The van der Waals surface area contributed by atoms with E-state index in [4.69, 9.17) is 9.47 Å². The number of urea groups is 1. The summed E-state index contributed by atoms with van der Waals surface area (Å²) in [6.07, 6.45) is 1.18. The molecule has 5 N–H and O–H groups in total. The minimum absolute atomic E-state index is 0.208. The normalized spacial score (nSPS) is 12.0. The molecule has 0 aliphatic carbocycles. The van der Waals surface area contributed by atoms with Gasteiger partial charge in [-0.25, -0.2) is 4.79 Å². The molecule has 2 aromatic carbocycles. The van der Waals surface area contributed by atoms with Crippen LogP contribution < -0.4 is 30.7 Å². The van der Waals surface area contributed by atoms with Gasteiger partial charge in [0.25, 0.3) is 5.91 Å². The zero-order valence-electron chi connectivity index (χ0n) is 22.7. The van der Waals surface area contributed by atoms with Crippen LogP contribution >= 0.6 is 0 Å². The number of aliphatic carboxylic acids is 1. The maximum absolute atomic E-state index is 12.9. The van der Waals surface area contributed by atoms with E-state index in [-0.39, 0.29) is 12.1 Å². The Morgan fingerprint density at radius 3 is 2.30 bits per heavy atom. The smallest absolute Gasteiger partial charge is 0.319 e. The fraction of sp³-hybridized carbons (Fsp3) is 0.286. The quantitative estimate of drug-likeness (QED) is 0.231. The van der Waals surface area contributed by atoms with Crippen LogP contribution in [0.1, 0.15) is 41.0 Å². The Bertz CT molecular complexity index is 1360. The van der Waals surface area contributed by atoms with Crippen molar-refractivity contribution in [1.82, 2.24) is 20.5 Å². The number of aromatic nitrogens is 1. The third-order valence-electron chi connectivity index (χ3n) is 6.04. The molecule has 0 aliphatic heterocycles. The lowest BCUT2D eigenvalue weighted by Gasteiger charge is -2.22. The molecule has 12 heteroatoms. The Labute approximate surface area is 231 Å². The molecule has 0 spiro atoms. The predicted molar refractivity (Wildman–Crippen MR) is 147 cm³/mol. The molecule has 1 heterocycles. The van der Waals surface area contributed by atoms with Crippen molar-refractivity contribution >= 4 is 29.5 Å². The van der Waals surface area contributed by atoms with Crippen molar-refractivity contribution in [1.29, 1.82) is 0 Å². The molecule has 1 aromatic heterocycles. The van der Waals surface area contributed by atoms with Crippen LogP contribution in [0.5, 0.6) is 11.5 Å². The maximum Gasteiger partial charge on any atom is 0.319 e. The lowest BCUT2D eigenvalue weighted by Crippen LogP contribution is -2.46. The number of carboxylic acids is 1. The van der Waals surface area contributed by atoms with Crippen LogP contribution in [0.25, 0.3) is 0 Å². The number of carbonyl (C=O) groups is 4. The number of nitrogens with zero attached hydrogens (tertiary/aromatic N) is 1. The van der Waals surface area contributed by atoms with Crippen molar-refractivity contribution in [2.24, 2.45) is 7.05 Å². The van der Waals surface area contributed by atoms with Gasteiger partial charge in [-0.3, -0.25) is 14.4 Å². The number of carbonyl (C=O) groups excluding carboxylic acids is 3. The number of methoxy groups -OCH3 is 2. The van der Waals surface area contributed by atoms with Gasteiger partial charge < -0.3 is 40.4 Å². The molecule has 0 radical (unpaired) electrons. The lowest BCUT2D eigenvalue weighted by atomic mass is 10.0. The second kappa shape index (κ2) is 13.7. The number of anilines is 1. The van der Waals surface area contributed by atoms with E-state index in [0.29, 0.717) is 29.3 Å². The largest absolute Gasteiger partial charge is 0.493 e. The molecule has 3 rings (SSSR count). The van der Waals surface area contributed by atoms with E-state index in [1.165, 1.54) is 31.8 Å². The minimum atomic E-state index is -1.12. The van der Waals surface area contributed by atoms with E-state index >= 15 is 0 Å². The average Bonchev–Trinajstić information content (AvgIpc) is 3.30. The van der Waals surface area contributed by atoms with Gasteiger partial charge in [-0.15, -0.1) is 0 Å². The first-order valence-electron chi connectivity index (χ1n) is 12.4. The predicted octanol–water partition coefficient (Wildman–Crippen LogP) is 2.81. The third-order valence-corrected chi connectivity index (χ3v) is 6.04. The molecule has 12 nitrogen and oxygen atoms in total. The fourth-order valence-electron chi connectivity index (χ4n) is 3.94. The maximum atomic E-state index is 12.9. The molecule has 40 heavy (non-hydrogen) atoms. The van der Waals surface area contributed by atoms with Gasteiger partial charge in [0.2, 0.25) is 5.91 Å². The second-order valence-electron chi connectivity index (χ2n) is 8.99. The summed E-state index contributed by atoms with van der Waals surface area (Å²) < 4.78 is 12.0. The highest BCUT2D eigenvalue weighted by atomic mass is 16.5. The summed E-state index contributed by atoms with van der Waals surface area (Å²) in [4.78, 5) is 49.6. The number of amides is 4. The van der Waals surface area contributed by atoms with Gasteiger partial charge in [0.15, 0.2) is 11.5 Å². The van der Waals surface area contributed by atoms with Gasteiger partial charge in [-0.05, 0) is 36.2 Å². The van der Waals surface area contributed by atoms with Gasteiger partial charge in [0.05, 0.1) is 32.4 Å². The Balaban J connectivity index is 1.61. The number of benzene rings is 2. The van der Waals surface area contributed by atoms with Crippen LogP contribution in [0.2, 0.25) is 0 Å². The zero-order chi connectivity index (χ0) is 29.2. The first kappa shape index (κ1) is 29.6. The molecular weight excluding hydrogens is 518 g/mol. The van der Waals surface area contributed by atoms with Crippen molar-refractivity contribution in [3.8, 4) is 11.5 Å². The molecule has 0 bridgehead atoms. The molecular formula is C28H33N5O7. The Morgan fingerprint density at radius 2 is 1.65 bits per heavy atom. The molecule has 0 saturated carbocycles. The fourth-order valence-corrected chi connectivity index (χ4v) is 3.94. The molecule has 4 amide bonds. The Morgan fingerprint density at radius 1 is 0.950 bits per heavy atom. The van der Waals surface area contributed by atoms with Crippen molar-refractivity contribution < 1.29 is 33.8 Å². The van der Waals surface area contributed by atoms with E-state index in [1.807, 2.05) is 30.3 Å². The molecule has 3 aromatic rings. The van der Waals surface area contributed by atoms with E-state index in [9.17, 15) is 24.3 Å². The van der Waals surface area contributed by atoms with Gasteiger partial charge in [0, 0.05) is 19.8 Å². The Hall–Kier alpha value is -5.00. The Kier molecular flexibility index (Phi) is 10.1. The highest BCUT2D eigenvalue weighted by molar-refractivity contribution is 5.98. The SMILES string of the molecule is COc1ccc(C(CC(=O)O)NC(=O)[C@@H](C)NC(=O)c2cc(NC(=O)NCc3ccccc3)cn2C)cc1OC. The monoisotopic (exact) mass is 551 g/mol. The first-order chi connectivity index (χ1) is 19.1. The molecule has 0 fully saturated rings. The number of carboxylic acid groups (broad SMARTS) is 1. The van der Waals surface area contributed by atoms with Crippen molar-refractivity contribution in [3.63, 3.8) is 0 Å². The summed E-state index contributed by atoms with van der Waals surface area (Å²) in [6.45, 7) is 1.82. The summed E-state index contributed by atoms with van der Waals surface area (Å²) >= 11 is 0. The average molecular weight is 552 g/mol. The van der Waals surface area contributed by atoms with Crippen molar-refractivity contribution in [2.45, 2.75) is 32.0 Å². The summed E-state index contributed by atoms with van der Waals surface area (Å²) in [7, 11) is 4.56. The topological polar surface area (TPSA) is 160 Å². The van der Waals surface area contributed by atoms with Crippen LogP contribution in [0.3, 0.4) is 0 Å². The first-order valence-corrected chi connectivity index (χ1v) is 12.4. The standard InChI is InChI=1S/C28H33N5O7/c1-17(26(36)32-21(14-25(34)35)19-10-11-23(39-3)24(12-19)40-4)30-27(37)22-13-20(16-33(22)2)31-28(38)29-15-18-8-6-5-7-9-18/h5-13,16-17,21H,14-15H2,1-4H3,(H,30,37)(H,32,36)(H,34,35)(H2,29,31,38)/t17-,21?/m1/s1. The third kappa shape index (κ3) is 8.00. The van der Waals surface area contributed by atoms with Gasteiger partial charge in [0.1, 0.15) is 11.7 Å². The second-order valence-corrected chi connectivity index (χ2v) is 8.99. The number of nitrogens with one attached hydrogen (secondary N) is 4.